The first kappa shape index (κ1) is 26.3. The van der Waals surface area contributed by atoms with Crippen LogP contribution in [-0.2, 0) is 9.53 Å². The Morgan fingerprint density at radius 3 is 2.74 bits per heavy atom. The molecule has 2 aromatic rings. The van der Waals surface area contributed by atoms with E-state index in [4.69, 9.17) is 9.84 Å². The summed E-state index contributed by atoms with van der Waals surface area (Å²) in [5.74, 6) is -0.0900. The highest BCUT2D eigenvalue weighted by atomic mass is 79.9. The first-order valence-corrected chi connectivity index (χ1v) is 14.5. The summed E-state index contributed by atoms with van der Waals surface area (Å²) in [5.41, 5.74) is 2.43. The second kappa shape index (κ2) is 9.91. The number of allylic oxidation sites excluding steroid dienone is 5. The zero-order valence-corrected chi connectivity index (χ0v) is 24.0. The topological polar surface area (TPSA) is 76.5 Å². The third-order valence-electron chi connectivity index (χ3n) is 7.53. The quantitative estimate of drug-likeness (QED) is 0.410. The van der Waals surface area contributed by atoms with E-state index in [0.717, 1.165) is 38.2 Å². The van der Waals surface area contributed by atoms with Gasteiger partial charge in [0.05, 0.1) is 11.2 Å². The van der Waals surface area contributed by atoms with Gasteiger partial charge < -0.3 is 15.0 Å². The van der Waals surface area contributed by atoms with Crippen molar-refractivity contribution in [2.75, 3.05) is 13.2 Å². The number of alkyl halides is 1. The van der Waals surface area contributed by atoms with E-state index in [9.17, 15) is 14.0 Å². The van der Waals surface area contributed by atoms with E-state index in [2.05, 4.69) is 33.4 Å². The molecule has 0 saturated carbocycles. The fourth-order valence-electron chi connectivity index (χ4n) is 5.21. The molecule has 1 aromatic heterocycles. The summed E-state index contributed by atoms with van der Waals surface area (Å²) in [7, 11) is 0. The molecule has 0 spiro atoms. The molecule has 3 heterocycles. The summed E-state index contributed by atoms with van der Waals surface area (Å²) in [6, 6.07) is 7.78. The van der Waals surface area contributed by atoms with Crippen LogP contribution in [0.1, 0.15) is 50.6 Å². The number of aromatic nitrogens is 2. The van der Waals surface area contributed by atoms with Crippen LogP contribution in [0.3, 0.4) is 0 Å². The normalized spacial score (nSPS) is 28.3. The van der Waals surface area contributed by atoms with Crippen molar-refractivity contribution >= 4 is 44.4 Å². The molecule has 1 aromatic carbocycles. The Kier molecular flexibility index (Phi) is 6.68. The Balaban J connectivity index is 1.29. The number of benzene rings is 1. The SMILES string of the molecule is CC1(F)C=CC(c2nn(-c3ccc(Br)cc3)cc2C2OCC(=O)N2CCC2=CCC3(C)NC(=O)SC3=C2)=CC1. The highest BCUT2D eigenvalue weighted by Crippen LogP contribution is 2.42. The van der Waals surface area contributed by atoms with Gasteiger partial charge in [-0.2, -0.15) is 5.10 Å². The summed E-state index contributed by atoms with van der Waals surface area (Å²) in [6.45, 7) is 4.02. The fraction of sp³-hybridized carbons (Fsp3) is 0.345. The maximum absolute atomic E-state index is 14.5. The molecule has 1 N–H and O–H groups in total. The number of thioether (sulfide) groups is 1. The second-order valence-corrected chi connectivity index (χ2v) is 12.6. The standard InChI is InChI=1S/C29H28BrFN4O3S/c1-28(31)11-8-19(9-12-28)25-22(16-35(33-25)21-5-3-20(30)4-6-21)26-34(24(36)17-38-26)14-10-18-7-13-29(2)23(15-18)39-27(37)32-29/h3-9,11,15-16,26H,10,12-14,17H2,1-2H3,(H,32,37). The van der Waals surface area contributed by atoms with E-state index in [1.54, 1.807) is 28.7 Å². The average molecular weight is 612 g/mol. The molecule has 0 radical (unpaired) electrons. The Bertz CT molecular complexity index is 1480. The van der Waals surface area contributed by atoms with Crippen molar-refractivity contribution < 1.29 is 18.7 Å². The van der Waals surface area contributed by atoms with Crippen LogP contribution in [0.4, 0.5) is 9.18 Å². The Morgan fingerprint density at radius 1 is 1.21 bits per heavy atom. The molecular weight excluding hydrogens is 583 g/mol. The minimum atomic E-state index is -1.40. The maximum Gasteiger partial charge on any atom is 0.284 e. The van der Waals surface area contributed by atoms with Crippen LogP contribution in [-0.4, -0.2) is 50.2 Å². The van der Waals surface area contributed by atoms with Gasteiger partial charge in [0.25, 0.3) is 11.1 Å². The molecule has 6 rings (SSSR count). The van der Waals surface area contributed by atoms with Gasteiger partial charge in [0, 0.05) is 34.1 Å². The molecule has 3 unspecified atom stereocenters. The van der Waals surface area contributed by atoms with Crippen LogP contribution in [0.25, 0.3) is 11.3 Å². The smallest absolute Gasteiger partial charge is 0.284 e. The summed E-state index contributed by atoms with van der Waals surface area (Å²) in [6.07, 6.45) is 12.2. The van der Waals surface area contributed by atoms with E-state index >= 15 is 0 Å². The van der Waals surface area contributed by atoms with E-state index in [-0.39, 0.29) is 29.7 Å². The number of fused-ring (bicyclic) bond motifs is 1. The Hall–Kier alpha value is -2.95. The van der Waals surface area contributed by atoms with E-state index in [1.165, 1.54) is 11.8 Å². The Labute approximate surface area is 239 Å². The van der Waals surface area contributed by atoms with Gasteiger partial charge in [0.2, 0.25) is 0 Å². The van der Waals surface area contributed by atoms with Crippen LogP contribution in [0, 0.1) is 0 Å². The van der Waals surface area contributed by atoms with Crippen molar-refractivity contribution in [2.24, 2.45) is 0 Å². The van der Waals surface area contributed by atoms with Crippen LogP contribution >= 0.6 is 27.7 Å². The molecule has 202 valence electrons. The van der Waals surface area contributed by atoms with E-state index in [1.807, 2.05) is 43.5 Å². The average Bonchev–Trinajstić information content (AvgIpc) is 3.57. The van der Waals surface area contributed by atoms with Crippen molar-refractivity contribution in [1.29, 1.82) is 0 Å². The zero-order valence-electron chi connectivity index (χ0n) is 21.6. The zero-order chi connectivity index (χ0) is 27.4. The Morgan fingerprint density at radius 2 is 2.00 bits per heavy atom. The van der Waals surface area contributed by atoms with Crippen LogP contribution in [0.5, 0.6) is 0 Å². The molecule has 2 fully saturated rings. The van der Waals surface area contributed by atoms with Crippen LogP contribution in [0.2, 0.25) is 0 Å². The van der Waals surface area contributed by atoms with Gasteiger partial charge in [-0.3, -0.25) is 9.59 Å². The lowest BCUT2D eigenvalue weighted by atomic mass is 9.89. The van der Waals surface area contributed by atoms with Crippen molar-refractivity contribution in [2.45, 2.75) is 50.5 Å². The molecular formula is C29H28BrFN4O3S. The van der Waals surface area contributed by atoms with Crippen molar-refractivity contribution in [3.05, 3.63) is 87.1 Å². The number of carbonyl (C=O) groups is 2. The van der Waals surface area contributed by atoms with E-state index < -0.39 is 11.9 Å². The lowest BCUT2D eigenvalue weighted by Gasteiger charge is -2.28. The van der Waals surface area contributed by atoms with Crippen LogP contribution < -0.4 is 5.32 Å². The van der Waals surface area contributed by atoms with Gasteiger partial charge >= 0.3 is 0 Å². The molecule has 10 heteroatoms. The number of hydrogen-bond acceptors (Lipinski definition) is 5. The predicted molar refractivity (Wildman–Crippen MR) is 153 cm³/mol. The number of carbonyl (C=O) groups excluding carboxylic acids is 2. The minimum Gasteiger partial charge on any atom is -0.344 e. The molecule has 2 saturated heterocycles. The highest BCUT2D eigenvalue weighted by molar-refractivity contribution is 9.10. The van der Waals surface area contributed by atoms with Gasteiger partial charge in [-0.05, 0) is 86.0 Å². The lowest BCUT2D eigenvalue weighted by Crippen LogP contribution is -2.39. The van der Waals surface area contributed by atoms with Crippen molar-refractivity contribution in [1.82, 2.24) is 20.0 Å². The summed E-state index contributed by atoms with van der Waals surface area (Å²) in [5, 5.41) is 7.86. The number of rotatable bonds is 6. The van der Waals surface area contributed by atoms with Crippen molar-refractivity contribution in [3.63, 3.8) is 0 Å². The molecule has 0 bridgehead atoms. The number of amides is 2. The number of nitrogens with one attached hydrogen (secondary N) is 1. The summed E-state index contributed by atoms with van der Waals surface area (Å²) < 4.78 is 23.3. The molecule has 2 aliphatic carbocycles. The highest BCUT2D eigenvalue weighted by Gasteiger charge is 2.41. The second-order valence-electron chi connectivity index (χ2n) is 10.7. The number of halogens is 2. The summed E-state index contributed by atoms with van der Waals surface area (Å²) >= 11 is 4.71. The largest absolute Gasteiger partial charge is 0.344 e. The van der Waals surface area contributed by atoms with Gasteiger partial charge in [0.1, 0.15) is 18.0 Å². The first-order chi connectivity index (χ1) is 18.6. The molecule has 3 atom stereocenters. The summed E-state index contributed by atoms with van der Waals surface area (Å²) in [4.78, 5) is 27.7. The molecule has 2 amide bonds. The van der Waals surface area contributed by atoms with Gasteiger partial charge in [-0.25, -0.2) is 9.07 Å². The third-order valence-corrected chi connectivity index (χ3v) is 9.13. The van der Waals surface area contributed by atoms with Gasteiger partial charge in [0.15, 0.2) is 6.23 Å². The molecule has 7 nitrogen and oxygen atoms in total. The van der Waals surface area contributed by atoms with Crippen molar-refractivity contribution in [3.8, 4) is 5.69 Å². The van der Waals surface area contributed by atoms with Gasteiger partial charge in [-0.1, -0.05) is 34.2 Å². The molecule has 2 aliphatic heterocycles. The maximum atomic E-state index is 14.5. The lowest BCUT2D eigenvalue weighted by molar-refractivity contribution is -0.128. The van der Waals surface area contributed by atoms with Gasteiger partial charge in [-0.15, -0.1) is 0 Å². The first-order valence-electron chi connectivity index (χ1n) is 12.9. The molecule has 39 heavy (non-hydrogen) atoms. The number of nitrogens with zero attached hydrogens (tertiary/aromatic N) is 3. The van der Waals surface area contributed by atoms with Crippen LogP contribution in [0.15, 0.2) is 75.8 Å². The predicted octanol–water partition coefficient (Wildman–Crippen LogP) is 6.38. The number of hydrogen-bond donors (Lipinski definition) is 1. The monoisotopic (exact) mass is 610 g/mol. The fourth-order valence-corrected chi connectivity index (χ4v) is 6.52. The van der Waals surface area contributed by atoms with E-state index in [0.29, 0.717) is 18.7 Å². The number of ether oxygens (including phenoxy) is 1. The minimum absolute atomic E-state index is 0.0164. The third kappa shape index (κ3) is 5.17. The molecule has 4 aliphatic rings.